The van der Waals surface area contributed by atoms with Crippen LogP contribution in [0.5, 0.6) is 0 Å². The van der Waals surface area contributed by atoms with Gasteiger partial charge in [0, 0.05) is 25.8 Å². The Bertz CT molecular complexity index is 111. The summed E-state index contributed by atoms with van der Waals surface area (Å²) in [5, 5.41) is 0. The van der Waals surface area contributed by atoms with Crippen LogP contribution in [0.4, 0.5) is 0 Å². The van der Waals surface area contributed by atoms with E-state index >= 15 is 0 Å². The molecule has 0 radical (unpaired) electrons. The molecule has 0 aromatic heterocycles. The summed E-state index contributed by atoms with van der Waals surface area (Å²) in [6.07, 6.45) is 3.72. The van der Waals surface area contributed by atoms with Gasteiger partial charge in [-0.05, 0) is 32.2 Å². The van der Waals surface area contributed by atoms with Crippen molar-refractivity contribution in [3.05, 3.63) is 0 Å². The maximum Gasteiger partial charge on any atom is 0.0477 e. The molecule has 4 nitrogen and oxygen atoms in total. The van der Waals surface area contributed by atoms with Crippen LogP contribution < -0.4 is 17.2 Å². The average Bonchev–Trinajstić information content (AvgIpc) is 2.12. The largest absolute Gasteiger partial charge is 0.385 e. The molecular formula is C9H23N3O. The van der Waals surface area contributed by atoms with Crippen molar-refractivity contribution in [2.75, 3.05) is 20.3 Å². The molecule has 0 rings (SSSR count). The molecule has 6 N–H and O–H groups in total. The zero-order valence-electron chi connectivity index (χ0n) is 8.54. The summed E-state index contributed by atoms with van der Waals surface area (Å²) in [7, 11) is 1.69. The normalized spacial score (nSPS) is 15.7. The van der Waals surface area contributed by atoms with Gasteiger partial charge in [-0.3, -0.25) is 0 Å². The van der Waals surface area contributed by atoms with Gasteiger partial charge < -0.3 is 21.9 Å². The molecule has 0 saturated carbocycles. The zero-order chi connectivity index (χ0) is 10.1. The molecule has 0 aliphatic rings. The lowest BCUT2D eigenvalue weighted by Gasteiger charge is -2.14. The van der Waals surface area contributed by atoms with Crippen LogP contribution in [0, 0.1) is 0 Å². The fourth-order valence-corrected chi connectivity index (χ4v) is 1.20. The Morgan fingerprint density at radius 1 is 1.00 bits per heavy atom. The molecule has 0 spiro atoms. The predicted octanol–water partition coefficient (Wildman–Crippen LogP) is -0.193. The van der Waals surface area contributed by atoms with Crippen LogP contribution in [-0.2, 0) is 4.74 Å². The molecule has 0 aromatic rings. The molecule has 80 valence electrons. The molecule has 0 saturated heterocycles. The van der Waals surface area contributed by atoms with Crippen LogP contribution >= 0.6 is 0 Å². The molecule has 0 aliphatic heterocycles. The first kappa shape index (κ1) is 12.8. The Hall–Kier alpha value is -0.160. The summed E-state index contributed by atoms with van der Waals surface area (Å²) < 4.78 is 4.94. The van der Waals surface area contributed by atoms with Crippen molar-refractivity contribution >= 4 is 0 Å². The maximum absolute atomic E-state index is 5.84. The fourth-order valence-electron chi connectivity index (χ4n) is 1.20. The number of nitrogens with two attached hydrogens (primary N) is 3. The van der Waals surface area contributed by atoms with Gasteiger partial charge >= 0.3 is 0 Å². The minimum Gasteiger partial charge on any atom is -0.385 e. The fraction of sp³-hybridized carbons (Fsp3) is 1.00. The Morgan fingerprint density at radius 2 is 1.54 bits per heavy atom. The summed E-state index contributed by atoms with van der Waals surface area (Å²) in [5.41, 5.74) is 17.0. The lowest BCUT2D eigenvalue weighted by Crippen LogP contribution is -2.28. The SMILES string of the molecule is COCCC(N)CCC(N)CCN. The summed E-state index contributed by atoms with van der Waals surface area (Å²) in [6.45, 7) is 1.39. The summed E-state index contributed by atoms with van der Waals surface area (Å²) >= 11 is 0. The lowest BCUT2D eigenvalue weighted by molar-refractivity contribution is 0.186. The Kier molecular flexibility index (Phi) is 8.33. The van der Waals surface area contributed by atoms with E-state index < -0.39 is 0 Å². The smallest absolute Gasteiger partial charge is 0.0477 e. The van der Waals surface area contributed by atoms with Crippen molar-refractivity contribution in [1.29, 1.82) is 0 Å². The third-order valence-electron chi connectivity index (χ3n) is 2.14. The van der Waals surface area contributed by atoms with Crippen LogP contribution in [0.3, 0.4) is 0 Å². The quantitative estimate of drug-likeness (QED) is 0.494. The Morgan fingerprint density at radius 3 is 2.00 bits per heavy atom. The highest BCUT2D eigenvalue weighted by Crippen LogP contribution is 2.03. The summed E-state index contributed by atoms with van der Waals surface area (Å²) in [5.74, 6) is 0. The van der Waals surface area contributed by atoms with E-state index in [4.69, 9.17) is 21.9 Å². The second kappa shape index (κ2) is 8.44. The van der Waals surface area contributed by atoms with Crippen molar-refractivity contribution < 1.29 is 4.74 Å². The van der Waals surface area contributed by atoms with Crippen LogP contribution in [0.15, 0.2) is 0 Å². The van der Waals surface area contributed by atoms with Crippen LogP contribution in [0.2, 0.25) is 0 Å². The van der Waals surface area contributed by atoms with Gasteiger partial charge in [0.15, 0.2) is 0 Å². The molecule has 0 aliphatic carbocycles. The minimum absolute atomic E-state index is 0.207. The number of hydrogen-bond donors (Lipinski definition) is 3. The van der Waals surface area contributed by atoms with Gasteiger partial charge in [0.05, 0.1) is 0 Å². The van der Waals surface area contributed by atoms with Crippen molar-refractivity contribution in [3.8, 4) is 0 Å². The molecule has 0 fully saturated rings. The third-order valence-corrected chi connectivity index (χ3v) is 2.14. The van der Waals surface area contributed by atoms with Gasteiger partial charge in [-0.2, -0.15) is 0 Å². The van der Waals surface area contributed by atoms with E-state index in [0.29, 0.717) is 6.54 Å². The van der Waals surface area contributed by atoms with Gasteiger partial charge in [-0.15, -0.1) is 0 Å². The van der Waals surface area contributed by atoms with Crippen LogP contribution in [-0.4, -0.2) is 32.3 Å². The Balaban J connectivity index is 3.29. The first-order chi connectivity index (χ1) is 6.20. The molecule has 0 aromatic carbocycles. The van der Waals surface area contributed by atoms with E-state index in [0.717, 1.165) is 32.3 Å². The standard InChI is InChI=1S/C9H23N3O/c1-13-7-5-9(12)3-2-8(11)4-6-10/h8-9H,2-7,10-12H2,1H3. The molecule has 0 bridgehead atoms. The molecule has 0 heterocycles. The lowest BCUT2D eigenvalue weighted by atomic mass is 10.0. The number of hydrogen-bond acceptors (Lipinski definition) is 4. The molecule has 4 heteroatoms. The van der Waals surface area contributed by atoms with E-state index in [-0.39, 0.29) is 12.1 Å². The van der Waals surface area contributed by atoms with Gasteiger partial charge in [0.25, 0.3) is 0 Å². The number of rotatable bonds is 8. The topological polar surface area (TPSA) is 87.3 Å². The van der Waals surface area contributed by atoms with Crippen LogP contribution in [0.25, 0.3) is 0 Å². The molecular weight excluding hydrogens is 166 g/mol. The van der Waals surface area contributed by atoms with Crippen LogP contribution in [0.1, 0.15) is 25.7 Å². The van der Waals surface area contributed by atoms with E-state index in [1.807, 2.05) is 0 Å². The van der Waals surface area contributed by atoms with Gasteiger partial charge in [-0.25, -0.2) is 0 Å². The van der Waals surface area contributed by atoms with E-state index in [1.54, 1.807) is 7.11 Å². The number of methoxy groups -OCH3 is 1. The van der Waals surface area contributed by atoms with Crippen molar-refractivity contribution in [3.63, 3.8) is 0 Å². The highest BCUT2D eigenvalue weighted by atomic mass is 16.5. The summed E-state index contributed by atoms with van der Waals surface area (Å²) in [4.78, 5) is 0. The van der Waals surface area contributed by atoms with Crippen molar-refractivity contribution in [1.82, 2.24) is 0 Å². The first-order valence-corrected chi connectivity index (χ1v) is 4.90. The van der Waals surface area contributed by atoms with Gasteiger partial charge in [0.1, 0.15) is 0 Å². The number of ether oxygens (including phenoxy) is 1. The maximum atomic E-state index is 5.84. The second-order valence-electron chi connectivity index (χ2n) is 3.46. The highest BCUT2D eigenvalue weighted by Gasteiger charge is 2.06. The predicted molar refractivity (Wildman–Crippen MR) is 55.3 cm³/mol. The molecule has 0 amide bonds. The van der Waals surface area contributed by atoms with E-state index in [2.05, 4.69) is 0 Å². The van der Waals surface area contributed by atoms with Crippen molar-refractivity contribution in [2.45, 2.75) is 37.8 Å². The third kappa shape index (κ3) is 8.18. The zero-order valence-corrected chi connectivity index (χ0v) is 8.54. The Labute approximate surface area is 80.8 Å². The summed E-state index contributed by atoms with van der Waals surface area (Å²) in [6, 6.07) is 0.419. The van der Waals surface area contributed by atoms with E-state index in [9.17, 15) is 0 Å². The van der Waals surface area contributed by atoms with Gasteiger partial charge in [-0.1, -0.05) is 0 Å². The first-order valence-electron chi connectivity index (χ1n) is 4.90. The van der Waals surface area contributed by atoms with E-state index in [1.165, 1.54) is 0 Å². The minimum atomic E-state index is 0.207. The molecule has 13 heavy (non-hydrogen) atoms. The van der Waals surface area contributed by atoms with Gasteiger partial charge in [0.2, 0.25) is 0 Å². The molecule has 2 atom stereocenters. The van der Waals surface area contributed by atoms with Crippen molar-refractivity contribution in [2.24, 2.45) is 17.2 Å². The highest BCUT2D eigenvalue weighted by molar-refractivity contribution is 4.67. The second-order valence-corrected chi connectivity index (χ2v) is 3.46. The monoisotopic (exact) mass is 189 g/mol. The molecule has 2 unspecified atom stereocenters. The average molecular weight is 189 g/mol.